The van der Waals surface area contributed by atoms with Gasteiger partial charge in [-0.15, -0.1) is 0 Å². The maximum absolute atomic E-state index is 12.7. The van der Waals surface area contributed by atoms with Gasteiger partial charge < -0.3 is 9.84 Å². The van der Waals surface area contributed by atoms with Crippen LogP contribution in [-0.2, 0) is 0 Å². The number of methoxy groups -OCH3 is 1. The third-order valence-electron chi connectivity index (χ3n) is 3.33. The molecule has 0 spiro atoms. The molecule has 21 heavy (non-hydrogen) atoms. The Hall–Kier alpha value is -2.62. The number of aryl methyl sites for hydroxylation is 2. The smallest absolute Gasteiger partial charge is 0.336 e. The van der Waals surface area contributed by atoms with Crippen LogP contribution in [0.4, 0.5) is 0 Å². The quantitative estimate of drug-likeness (QED) is 0.875. The normalized spacial score (nSPS) is 10.2. The molecule has 0 radical (unpaired) electrons. The molecule has 2 aromatic rings. The Morgan fingerprint density at radius 2 is 1.76 bits per heavy atom. The highest BCUT2D eigenvalue weighted by molar-refractivity contribution is 6.15. The Bertz CT molecular complexity index is 717. The van der Waals surface area contributed by atoms with E-state index in [-0.39, 0.29) is 16.9 Å². The molecule has 4 heteroatoms. The van der Waals surface area contributed by atoms with Crippen LogP contribution in [0.3, 0.4) is 0 Å². The van der Waals surface area contributed by atoms with Crippen LogP contribution < -0.4 is 4.74 Å². The lowest BCUT2D eigenvalue weighted by Crippen LogP contribution is -2.12. The molecule has 1 N–H and O–H groups in total. The fourth-order valence-corrected chi connectivity index (χ4v) is 2.27. The van der Waals surface area contributed by atoms with Gasteiger partial charge in [-0.1, -0.05) is 24.3 Å². The fourth-order valence-electron chi connectivity index (χ4n) is 2.27. The topological polar surface area (TPSA) is 63.6 Å². The summed E-state index contributed by atoms with van der Waals surface area (Å²) in [6.45, 7) is 3.57. The second kappa shape index (κ2) is 5.79. The van der Waals surface area contributed by atoms with Crippen molar-refractivity contribution in [3.8, 4) is 5.75 Å². The summed E-state index contributed by atoms with van der Waals surface area (Å²) in [5.74, 6) is -1.02. The first-order chi connectivity index (χ1) is 9.95. The Morgan fingerprint density at radius 1 is 1.05 bits per heavy atom. The summed E-state index contributed by atoms with van der Waals surface area (Å²) in [7, 11) is 1.49. The van der Waals surface area contributed by atoms with Gasteiger partial charge in [0.25, 0.3) is 0 Å². The monoisotopic (exact) mass is 284 g/mol. The third-order valence-corrected chi connectivity index (χ3v) is 3.33. The lowest BCUT2D eigenvalue weighted by molar-refractivity contribution is 0.0692. The van der Waals surface area contributed by atoms with Gasteiger partial charge in [-0.2, -0.15) is 0 Å². The van der Waals surface area contributed by atoms with Crippen molar-refractivity contribution in [3.05, 3.63) is 64.2 Å². The van der Waals surface area contributed by atoms with Crippen molar-refractivity contribution in [2.45, 2.75) is 13.8 Å². The first-order valence-electron chi connectivity index (χ1n) is 6.48. The van der Waals surface area contributed by atoms with E-state index in [9.17, 15) is 14.7 Å². The Labute approximate surface area is 123 Å². The average molecular weight is 284 g/mol. The number of ketones is 1. The van der Waals surface area contributed by atoms with Crippen molar-refractivity contribution in [1.82, 2.24) is 0 Å². The molecule has 0 saturated heterocycles. The zero-order valence-corrected chi connectivity index (χ0v) is 12.1. The summed E-state index contributed by atoms with van der Waals surface area (Å²) < 4.78 is 5.23. The molecular formula is C17H16O4. The maximum Gasteiger partial charge on any atom is 0.336 e. The number of aromatic carboxylic acids is 1. The number of carboxylic acids is 1. The number of hydrogen-bond acceptors (Lipinski definition) is 3. The van der Waals surface area contributed by atoms with E-state index in [1.165, 1.54) is 13.2 Å². The molecule has 0 aliphatic rings. The molecule has 2 rings (SSSR count). The molecular weight excluding hydrogens is 268 g/mol. The van der Waals surface area contributed by atoms with Crippen LogP contribution in [-0.4, -0.2) is 24.0 Å². The van der Waals surface area contributed by atoms with Crippen LogP contribution in [0.1, 0.15) is 37.4 Å². The molecule has 0 heterocycles. The summed E-state index contributed by atoms with van der Waals surface area (Å²) in [6, 6.07) is 10.1. The van der Waals surface area contributed by atoms with Crippen molar-refractivity contribution in [3.63, 3.8) is 0 Å². The van der Waals surface area contributed by atoms with Gasteiger partial charge in [0.15, 0.2) is 5.78 Å². The van der Waals surface area contributed by atoms with Crippen molar-refractivity contribution in [1.29, 1.82) is 0 Å². The van der Waals surface area contributed by atoms with Gasteiger partial charge in [0.2, 0.25) is 0 Å². The molecule has 0 aliphatic heterocycles. The van der Waals surface area contributed by atoms with Crippen LogP contribution in [0.15, 0.2) is 36.4 Å². The van der Waals surface area contributed by atoms with Gasteiger partial charge in [0, 0.05) is 5.56 Å². The van der Waals surface area contributed by atoms with Crippen LogP contribution in [0.5, 0.6) is 5.75 Å². The first kappa shape index (κ1) is 14.8. The van der Waals surface area contributed by atoms with Crippen molar-refractivity contribution in [2.75, 3.05) is 7.11 Å². The number of carbonyl (C=O) groups is 2. The van der Waals surface area contributed by atoms with E-state index < -0.39 is 5.97 Å². The maximum atomic E-state index is 12.7. The SMILES string of the molecule is COc1cc(C)ccc1C(=O)c1cccc(C)c1C(=O)O. The molecule has 0 aliphatic carbocycles. The van der Waals surface area contributed by atoms with Crippen LogP contribution >= 0.6 is 0 Å². The zero-order chi connectivity index (χ0) is 15.6. The van der Waals surface area contributed by atoms with Crippen molar-refractivity contribution in [2.24, 2.45) is 0 Å². The lowest BCUT2D eigenvalue weighted by atomic mass is 9.94. The van der Waals surface area contributed by atoms with E-state index in [2.05, 4.69) is 0 Å². The Kier molecular flexibility index (Phi) is 4.08. The molecule has 4 nitrogen and oxygen atoms in total. The van der Waals surface area contributed by atoms with Gasteiger partial charge in [0.1, 0.15) is 5.75 Å². The Morgan fingerprint density at radius 3 is 2.38 bits per heavy atom. The van der Waals surface area contributed by atoms with Gasteiger partial charge in [-0.05, 0) is 37.1 Å². The molecule has 0 amide bonds. The summed E-state index contributed by atoms with van der Waals surface area (Å²) in [4.78, 5) is 24.1. The largest absolute Gasteiger partial charge is 0.496 e. The second-order valence-corrected chi connectivity index (χ2v) is 4.84. The fraction of sp³-hybridized carbons (Fsp3) is 0.176. The van der Waals surface area contributed by atoms with Gasteiger partial charge >= 0.3 is 5.97 Å². The predicted molar refractivity (Wildman–Crippen MR) is 79.3 cm³/mol. The highest BCUT2D eigenvalue weighted by Gasteiger charge is 2.22. The van der Waals surface area contributed by atoms with E-state index in [0.717, 1.165) is 5.56 Å². The molecule has 0 unspecified atom stereocenters. The average Bonchev–Trinajstić information content (AvgIpc) is 2.45. The van der Waals surface area contributed by atoms with E-state index in [0.29, 0.717) is 16.9 Å². The number of carboxylic acid groups (broad SMARTS) is 1. The summed E-state index contributed by atoms with van der Waals surface area (Å²) in [5, 5.41) is 9.33. The van der Waals surface area contributed by atoms with Gasteiger partial charge in [-0.25, -0.2) is 4.79 Å². The molecule has 0 aromatic heterocycles. The van der Waals surface area contributed by atoms with E-state index in [1.54, 1.807) is 37.3 Å². The highest BCUT2D eigenvalue weighted by Crippen LogP contribution is 2.25. The Balaban J connectivity index is 2.61. The molecule has 0 bridgehead atoms. The molecule has 0 atom stereocenters. The minimum atomic E-state index is -1.11. The summed E-state index contributed by atoms with van der Waals surface area (Å²) >= 11 is 0. The van der Waals surface area contributed by atoms with E-state index in [4.69, 9.17) is 4.74 Å². The number of carbonyl (C=O) groups excluding carboxylic acids is 1. The van der Waals surface area contributed by atoms with Gasteiger partial charge in [-0.3, -0.25) is 4.79 Å². The standard InChI is InChI=1S/C17H16O4/c1-10-7-8-12(14(9-10)21-3)16(18)13-6-4-5-11(2)15(13)17(19)20/h4-9H,1-3H3,(H,19,20). The second-order valence-electron chi connectivity index (χ2n) is 4.84. The minimum Gasteiger partial charge on any atom is -0.496 e. The first-order valence-corrected chi connectivity index (χ1v) is 6.48. The minimum absolute atomic E-state index is 0.0325. The third kappa shape index (κ3) is 2.79. The number of hydrogen-bond donors (Lipinski definition) is 1. The van der Waals surface area contributed by atoms with E-state index in [1.807, 2.05) is 6.92 Å². The van der Waals surface area contributed by atoms with Gasteiger partial charge in [0.05, 0.1) is 18.2 Å². The zero-order valence-electron chi connectivity index (χ0n) is 12.1. The number of ether oxygens (including phenoxy) is 1. The van der Waals surface area contributed by atoms with Crippen LogP contribution in [0.25, 0.3) is 0 Å². The van der Waals surface area contributed by atoms with Crippen molar-refractivity contribution < 1.29 is 19.4 Å². The molecule has 108 valence electrons. The molecule has 2 aromatic carbocycles. The highest BCUT2D eigenvalue weighted by atomic mass is 16.5. The summed E-state index contributed by atoms with van der Waals surface area (Å²) in [6.07, 6.45) is 0. The molecule has 0 saturated carbocycles. The number of rotatable bonds is 4. The lowest BCUT2D eigenvalue weighted by Gasteiger charge is -2.11. The molecule has 0 fully saturated rings. The predicted octanol–water partition coefficient (Wildman–Crippen LogP) is 3.24. The van der Waals surface area contributed by atoms with Crippen LogP contribution in [0.2, 0.25) is 0 Å². The van der Waals surface area contributed by atoms with Crippen molar-refractivity contribution >= 4 is 11.8 Å². The summed E-state index contributed by atoms with van der Waals surface area (Å²) in [5.41, 5.74) is 2.08. The number of benzene rings is 2. The van der Waals surface area contributed by atoms with E-state index >= 15 is 0 Å². The van der Waals surface area contributed by atoms with Crippen LogP contribution in [0, 0.1) is 13.8 Å².